The Morgan fingerprint density at radius 3 is 2.50 bits per heavy atom. The average Bonchev–Trinajstić information content (AvgIpc) is 2.60. The van der Waals surface area contributed by atoms with Crippen molar-refractivity contribution in [2.75, 3.05) is 0 Å². The molecule has 0 radical (unpaired) electrons. The largest absolute Gasteiger partial charge is 0.489 e. The number of hydrogen-bond acceptors (Lipinski definition) is 3. The molecular weight excluding hydrogens is 346 g/mol. The van der Waals surface area contributed by atoms with Crippen molar-refractivity contribution in [3.05, 3.63) is 70.9 Å². The van der Waals surface area contributed by atoms with E-state index in [1.165, 1.54) is 0 Å². The van der Waals surface area contributed by atoms with Crippen molar-refractivity contribution in [2.45, 2.75) is 46.3 Å². The molecule has 0 fully saturated rings. The number of pyridine rings is 1. The molecule has 0 saturated carbocycles. The Morgan fingerprint density at radius 1 is 1.04 bits per heavy atom. The zero-order chi connectivity index (χ0) is 19.2. The summed E-state index contributed by atoms with van der Waals surface area (Å²) in [6, 6.07) is 15.5. The summed E-state index contributed by atoms with van der Waals surface area (Å²) >= 11 is 5.98. The lowest BCUT2D eigenvalue weighted by Crippen LogP contribution is -2.21. The quantitative estimate of drug-likeness (QED) is 0.615. The molecule has 0 atom stereocenters. The minimum absolute atomic E-state index is 0.461. The molecule has 3 nitrogen and oxygen atoms in total. The number of aliphatic hydroxyl groups is 1. The summed E-state index contributed by atoms with van der Waals surface area (Å²) in [4.78, 5) is 4.48. The van der Waals surface area contributed by atoms with Gasteiger partial charge < -0.3 is 9.84 Å². The molecule has 1 N–H and O–H groups in total. The Hall–Kier alpha value is -2.10. The second-order valence-corrected chi connectivity index (χ2v) is 7.04. The van der Waals surface area contributed by atoms with Crippen LogP contribution < -0.4 is 4.74 Å². The molecule has 0 aliphatic heterocycles. The summed E-state index contributed by atoms with van der Waals surface area (Å²) in [5.74, 6) is 0.769. The van der Waals surface area contributed by atoms with Gasteiger partial charge in [-0.1, -0.05) is 37.6 Å². The van der Waals surface area contributed by atoms with Gasteiger partial charge in [0.25, 0.3) is 0 Å². The molecule has 0 amide bonds. The number of fused-ring (bicyclic) bond motifs is 1. The minimum Gasteiger partial charge on any atom is -0.489 e. The van der Waals surface area contributed by atoms with Gasteiger partial charge in [0.1, 0.15) is 12.4 Å². The van der Waals surface area contributed by atoms with Crippen molar-refractivity contribution in [1.82, 2.24) is 4.98 Å². The molecular formula is C22H26ClNO2. The second-order valence-electron chi connectivity index (χ2n) is 6.61. The first-order valence-corrected chi connectivity index (χ1v) is 9.25. The number of aromatic nitrogens is 1. The number of ether oxygens (including phenoxy) is 1. The molecule has 0 bridgehead atoms. The minimum atomic E-state index is -0.741. The fraction of sp³-hybridized carbons (Fsp3) is 0.318. The van der Waals surface area contributed by atoms with Crippen LogP contribution in [0.25, 0.3) is 10.9 Å². The van der Waals surface area contributed by atoms with Crippen molar-refractivity contribution in [3.63, 3.8) is 0 Å². The zero-order valence-corrected chi connectivity index (χ0v) is 16.5. The lowest BCUT2D eigenvalue weighted by atomic mass is 9.99. The van der Waals surface area contributed by atoms with E-state index in [-0.39, 0.29) is 0 Å². The third-order valence-corrected chi connectivity index (χ3v) is 3.88. The Balaban J connectivity index is 0.00000117. The Labute approximate surface area is 160 Å². The molecule has 138 valence electrons. The van der Waals surface area contributed by atoms with E-state index >= 15 is 0 Å². The maximum absolute atomic E-state index is 9.93. The van der Waals surface area contributed by atoms with Crippen LogP contribution in [0, 0.1) is 0 Å². The number of rotatable bonds is 5. The van der Waals surface area contributed by atoms with E-state index in [1.54, 1.807) is 20.0 Å². The standard InChI is InChI=1S/C20H20ClNO2.C2H6/c1-20(2,23)11-15-8-16-6-7-18(10-19(16)22-12-15)24-13-14-4-3-5-17(21)9-14;1-2/h3-10,12,23H,11,13H2,1-2H3;1-2H3. The van der Waals surface area contributed by atoms with Crippen LogP contribution in [0.3, 0.4) is 0 Å². The van der Waals surface area contributed by atoms with E-state index in [1.807, 2.05) is 56.3 Å². The van der Waals surface area contributed by atoms with Gasteiger partial charge in [0.15, 0.2) is 0 Å². The first-order valence-electron chi connectivity index (χ1n) is 8.87. The molecule has 3 rings (SSSR count). The number of nitrogens with zero attached hydrogens (tertiary/aromatic N) is 1. The van der Waals surface area contributed by atoms with E-state index in [0.717, 1.165) is 27.8 Å². The van der Waals surface area contributed by atoms with Crippen LogP contribution in [0.4, 0.5) is 0 Å². The normalized spacial score (nSPS) is 11.0. The van der Waals surface area contributed by atoms with E-state index in [9.17, 15) is 5.11 Å². The highest BCUT2D eigenvalue weighted by molar-refractivity contribution is 6.30. The first kappa shape index (κ1) is 20.2. The summed E-state index contributed by atoms with van der Waals surface area (Å²) in [6.45, 7) is 8.05. The smallest absolute Gasteiger partial charge is 0.122 e. The van der Waals surface area contributed by atoms with Gasteiger partial charge in [0.2, 0.25) is 0 Å². The average molecular weight is 372 g/mol. The number of benzene rings is 2. The van der Waals surface area contributed by atoms with Gasteiger partial charge in [0, 0.05) is 29.1 Å². The zero-order valence-electron chi connectivity index (χ0n) is 15.8. The SMILES string of the molecule is CC.CC(C)(O)Cc1cnc2cc(OCc3cccc(Cl)c3)ccc2c1. The summed E-state index contributed by atoms with van der Waals surface area (Å²) in [7, 11) is 0. The van der Waals surface area contributed by atoms with Crippen LogP contribution >= 0.6 is 11.6 Å². The van der Waals surface area contributed by atoms with Crippen molar-refractivity contribution in [3.8, 4) is 5.75 Å². The molecule has 2 aromatic carbocycles. The van der Waals surface area contributed by atoms with Gasteiger partial charge in [-0.25, -0.2) is 0 Å². The van der Waals surface area contributed by atoms with Crippen LogP contribution in [-0.4, -0.2) is 15.7 Å². The molecule has 0 aliphatic rings. The molecule has 26 heavy (non-hydrogen) atoms. The number of hydrogen-bond donors (Lipinski definition) is 1. The van der Waals surface area contributed by atoms with Crippen LogP contribution in [0.15, 0.2) is 54.7 Å². The summed E-state index contributed by atoms with van der Waals surface area (Å²) in [6.07, 6.45) is 2.38. The Morgan fingerprint density at radius 2 is 1.81 bits per heavy atom. The van der Waals surface area contributed by atoms with E-state index in [2.05, 4.69) is 11.1 Å². The second kappa shape index (κ2) is 9.02. The fourth-order valence-electron chi connectivity index (χ4n) is 2.63. The Kier molecular flexibility index (Phi) is 7.01. The molecule has 3 aromatic rings. The van der Waals surface area contributed by atoms with E-state index in [0.29, 0.717) is 18.1 Å². The lowest BCUT2D eigenvalue weighted by Gasteiger charge is -2.17. The van der Waals surface area contributed by atoms with Crippen LogP contribution in [0.5, 0.6) is 5.75 Å². The lowest BCUT2D eigenvalue weighted by molar-refractivity contribution is 0.0809. The third kappa shape index (κ3) is 6.01. The van der Waals surface area contributed by atoms with Crippen molar-refractivity contribution >= 4 is 22.5 Å². The van der Waals surface area contributed by atoms with Gasteiger partial charge >= 0.3 is 0 Å². The van der Waals surface area contributed by atoms with Gasteiger partial charge in [0.05, 0.1) is 11.1 Å². The third-order valence-electron chi connectivity index (χ3n) is 3.64. The fourth-order valence-corrected chi connectivity index (χ4v) is 2.84. The molecule has 1 aromatic heterocycles. The van der Waals surface area contributed by atoms with Gasteiger partial charge in [-0.3, -0.25) is 4.98 Å². The predicted molar refractivity (Wildman–Crippen MR) is 109 cm³/mol. The van der Waals surface area contributed by atoms with Gasteiger partial charge in [-0.05, 0) is 55.3 Å². The molecule has 1 heterocycles. The topological polar surface area (TPSA) is 42.4 Å². The van der Waals surface area contributed by atoms with E-state index in [4.69, 9.17) is 16.3 Å². The number of halogens is 1. The van der Waals surface area contributed by atoms with Gasteiger partial charge in [-0.15, -0.1) is 0 Å². The molecule has 0 saturated heterocycles. The summed E-state index contributed by atoms with van der Waals surface area (Å²) in [5.41, 5.74) is 2.17. The predicted octanol–water partition coefficient (Wildman–Crippen LogP) is 5.81. The molecule has 4 heteroatoms. The maximum Gasteiger partial charge on any atom is 0.122 e. The maximum atomic E-state index is 9.93. The molecule has 0 spiro atoms. The summed E-state index contributed by atoms with van der Waals surface area (Å²) in [5, 5.41) is 11.7. The highest BCUT2D eigenvalue weighted by Crippen LogP contribution is 2.23. The van der Waals surface area contributed by atoms with Gasteiger partial charge in [-0.2, -0.15) is 0 Å². The highest BCUT2D eigenvalue weighted by atomic mass is 35.5. The molecule has 0 aliphatic carbocycles. The van der Waals surface area contributed by atoms with Crippen LogP contribution in [0.2, 0.25) is 5.02 Å². The first-order chi connectivity index (χ1) is 12.4. The molecule has 0 unspecified atom stereocenters. The van der Waals surface area contributed by atoms with Crippen molar-refractivity contribution in [1.29, 1.82) is 0 Å². The van der Waals surface area contributed by atoms with E-state index < -0.39 is 5.60 Å². The van der Waals surface area contributed by atoms with Crippen LogP contribution in [0.1, 0.15) is 38.8 Å². The Bertz CT molecular complexity index is 856. The highest BCUT2D eigenvalue weighted by Gasteiger charge is 2.14. The van der Waals surface area contributed by atoms with Crippen molar-refractivity contribution in [2.24, 2.45) is 0 Å². The monoisotopic (exact) mass is 371 g/mol. The summed E-state index contributed by atoms with van der Waals surface area (Å²) < 4.78 is 5.83. The van der Waals surface area contributed by atoms with Crippen molar-refractivity contribution < 1.29 is 9.84 Å². The van der Waals surface area contributed by atoms with Crippen LogP contribution in [-0.2, 0) is 13.0 Å².